The number of carbonyl (C=O) groups is 2. The van der Waals surface area contributed by atoms with Gasteiger partial charge in [-0.2, -0.15) is 0 Å². The molecule has 154 valence electrons. The number of nitrogens with one attached hydrogen (secondary N) is 1. The number of ketones is 1. The lowest BCUT2D eigenvalue weighted by atomic mass is 10.1. The number of nitrogens with two attached hydrogens (primary N) is 1. The van der Waals surface area contributed by atoms with Crippen molar-refractivity contribution in [3.05, 3.63) is 50.2 Å². The minimum atomic E-state index is -0.749. The number of aryl methyl sites for hydroxylation is 1. The summed E-state index contributed by atoms with van der Waals surface area (Å²) in [6, 6.07) is 4.74. The minimum Gasteiger partial charge on any atom is -0.384 e. The van der Waals surface area contributed by atoms with Crippen molar-refractivity contribution in [3.63, 3.8) is 0 Å². The van der Waals surface area contributed by atoms with Gasteiger partial charge in [-0.25, -0.2) is 4.79 Å². The van der Waals surface area contributed by atoms with Gasteiger partial charge in [-0.15, -0.1) is 0 Å². The molecule has 1 atom stereocenters. The van der Waals surface area contributed by atoms with Gasteiger partial charge in [-0.05, 0) is 44.0 Å². The molecule has 29 heavy (non-hydrogen) atoms. The second kappa shape index (κ2) is 7.57. The van der Waals surface area contributed by atoms with Crippen molar-refractivity contribution < 1.29 is 9.59 Å². The molecule has 9 heteroatoms. The lowest BCUT2D eigenvalue weighted by molar-refractivity contribution is -0.117. The largest absolute Gasteiger partial charge is 0.384 e. The zero-order valence-electron chi connectivity index (χ0n) is 17.0. The van der Waals surface area contributed by atoms with Gasteiger partial charge in [0.1, 0.15) is 11.4 Å². The van der Waals surface area contributed by atoms with E-state index in [-0.39, 0.29) is 17.3 Å². The Morgan fingerprint density at radius 1 is 1.17 bits per heavy atom. The van der Waals surface area contributed by atoms with E-state index in [2.05, 4.69) is 5.32 Å². The van der Waals surface area contributed by atoms with Crippen LogP contribution in [0.4, 0.5) is 17.2 Å². The average Bonchev–Trinajstić information content (AvgIpc) is 3.10. The Morgan fingerprint density at radius 3 is 2.45 bits per heavy atom. The molecule has 1 aliphatic rings. The van der Waals surface area contributed by atoms with Crippen molar-refractivity contribution in [1.29, 1.82) is 0 Å². The highest BCUT2D eigenvalue weighted by atomic mass is 16.2. The Balaban J connectivity index is 1.86. The minimum absolute atomic E-state index is 0.110. The van der Waals surface area contributed by atoms with Gasteiger partial charge in [0, 0.05) is 38.4 Å². The third-order valence-corrected chi connectivity index (χ3v) is 5.29. The smallest absolute Gasteiger partial charge is 0.332 e. The summed E-state index contributed by atoms with van der Waals surface area (Å²) in [6.45, 7) is 4.23. The first-order chi connectivity index (χ1) is 13.6. The van der Waals surface area contributed by atoms with Gasteiger partial charge in [0.15, 0.2) is 5.78 Å². The van der Waals surface area contributed by atoms with Crippen LogP contribution in [0, 0.1) is 6.92 Å². The van der Waals surface area contributed by atoms with Gasteiger partial charge in [-0.1, -0.05) is 0 Å². The fraction of sp³-hybridized carbons (Fsp3) is 0.400. The van der Waals surface area contributed by atoms with Gasteiger partial charge in [-0.3, -0.25) is 23.5 Å². The fourth-order valence-electron chi connectivity index (χ4n) is 3.57. The quantitative estimate of drug-likeness (QED) is 0.717. The van der Waals surface area contributed by atoms with Crippen LogP contribution in [0.3, 0.4) is 0 Å². The summed E-state index contributed by atoms with van der Waals surface area (Å²) in [5, 5.41) is 3.07. The van der Waals surface area contributed by atoms with E-state index in [1.165, 1.54) is 14.1 Å². The maximum atomic E-state index is 12.9. The van der Waals surface area contributed by atoms with E-state index in [1.807, 2.05) is 19.1 Å². The van der Waals surface area contributed by atoms with Crippen molar-refractivity contribution in [2.24, 2.45) is 14.1 Å². The Bertz CT molecular complexity index is 1120. The first-order valence-corrected chi connectivity index (χ1v) is 9.40. The molecule has 1 saturated heterocycles. The second-order valence-electron chi connectivity index (χ2n) is 7.35. The maximum absolute atomic E-state index is 12.9. The molecular weight excluding hydrogens is 374 g/mol. The summed E-state index contributed by atoms with van der Waals surface area (Å²) in [6.07, 6.45) is 1.40. The summed E-state index contributed by atoms with van der Waals surface area (Å²) in [5.74, 6) is -0.552. The SMILES string of the molecule is Cc1cc(N[C@H](C)C(=O)c2c(N)n(C)c(=O)n(C)c2=O)ccc1N1CCCC1=O. The summed E-state index contributed by atoms with van der Waals surface area (Å²) in [5.41, 5.74) is 6.79. The maximum Gasteiger partial charge on any atom is 0.332 e. The van der Waals surface area contributed by atoms with Crippen LogP contribution in [-0.2, 0) is 18.9 Å². The number of benzene rings is 1. The van der Waals surface area contributed by atoms with Crippen LogP contribution in [0.1, 0.15) is 35.7 Å². The zero-order valence-corrected chi connectivity index (χ0v) is 17.0. The van der Waals surface area contributed by atoms with Crippen molar-refractivity contribution >= 4 is 28.9 Å². The lowest BCUT2D eigenvalue weighted by Crippen LogP contribution is -2.43. The summed E-state index contributed by atoms with van der Waals surface area (Å²) >= 11 is 0. The van der Waals surface area contributed by atoms with Crippen LogP contribution in [0.25, 0.3) is 0 Å². The van der Waals surface area contributed by atoms with Crippen LogP contribution >= 0.6 is 0 Å². The van der Waals surface area contributed by atoms with Gasteiger partial charge >= 0.3 is 5.69 Å². The van der Waals surface area contributed by atoms with Crippen LogP contribution < -0.4 is 27.2 Å². The number of hydrogen-bond acceptors (Lipinski definition) is 6. The number of nitrogen functional groups attached to an aromatic ring is 1. The van der Waals surface area contributed by atoms with Crippen molar-refractivity contribution in [1.82, 2.24) is 9.13 Å². The number of carbonyl (C=O) groups excluding carboxylic acids is 2. The molecule has 3 N–H and O–H groups in total. The van der Waals surface area contributed by atoms with Crippen LogP contribution in [0.15, 0.2) is 27.8 Å². The predicted molar refractivity (Wildman–Crippen MR) is 112 cm³/mol. The molecule has 0 saturated carbocycles. The van der Waals surface area contributed by atoms with E-state index in [9.17, 15) is 19.2 Å². The van der Waals surface area contributed by atoms with E-state index in [0.717, 1.165) is 26.8 Å². The summed E-state index contributed by atoms with van der Waals surface area (Å²) < 4.78 is 1.94. The number of rotatable bonds is 5. The molecule has 1 aromatic heterocycles. The van der Waals surface area contributed by atoms with Crippen molar-refractivity contribution in [2.45, 2.75) is 32.7 Å². The molecule has 1 amide bonds. The number of nitrogens with zero attached hydrogens (tertiary/aromatic N) is 3. The molecule has 1 fully saturated rings. The van der Waals surface area contributed by atoms with E-state index < -0.39 is 23.1 Å². The number of Topliss-reactive ketones (excluding diaryl/α,β-unsaturated/α-hetero) is 1. The van der Waals surface area contributed by atoms with E-state index in [4.69, 9.17) is 5.73 Å². The number of anilines is 3. The van der Waals surface area contributed by atoms with Crippen molar-refractivity contribution in [2.75, 3.05) is 22.5 Å². The third-order valence-electron chi connectivity index (χ3n) is 5.29. The molecular formula is C20H25N5O4. The molecule has 9 nitrogen and oxygen atoms in total. The van der Waals surface area contributed by atoms with E-state index in [0.29, 0.717) is 18.7 Å². The summed E-state index contributed by atoms with van der Waals surface area (Å²) in [7, 11) is 2.72. The van der Waals surface area contributed by atoms with Gasteiger partial charge in [0.2, 0.25) is 5.91 Å². The van der Waals surface area contributed by atoms with Gasteiger partial charge < -0.3 is 16.0 Å². The molecule has 1 aliphatic heterocycles. The normalized spacial score (nSPS) is 14.9. The Morgan fingerprint density at radius 2 is 1.86 bits per heavy atom. The molecule has 0 unspecified atom stereocenters. The van der Waals surface area contributed by atoms with E-state index >= 15 is 0 Å². The van der Waals surface area contributed by atoms with Crippen LogP contribution in [0.2, 0.25) is 0 Å². The van der Waals surface area contributed by atoms with Crippen molar-refractivity contribution in [3.8, 4) is 0 Å². The third kappa shape index (κ3) is 3.55. The lowest BCUT2D eigenvalue weighted by Gasteiger charge is -2.21. The molecule has 2 aromatic rings. The Kier molecular flexibility index (Phi) is 5.32. The number of hydrogen-bond donors (Lipinski definition) is 2. The number of aromatic nitrogens is 2. The average molecular weight is 399 g/mol. The molecule has 2 heterocycles. The molecule has 1 aromatic carbocycles. The highest BCUT2D eigenvalue weighted by Gasteiger charge is 2.26. The second-order valence-corrected chi connectivity index (χ2v) is 7.35. The first kappa shape index (κ1) is 20.4. The van der Waals surface area contributed by atoms with Gasteiger partial charge in [0.25, 0.3) is 5.56 Å². The zero-order chi connectivity index (χ0) is 21.5. The summed E-state index contributed by atoms with van der Waals surface area (Å²) in [4.78, 5) is 51.0. The predicted octanol–water partition coefficient (Wildman–Crippen LogP) is 0.785. The first-order valence-electron chi connectivity index (χ1n) is 9.40. The highest BCUT2D eigenvalue weighted by molar-refractivity contribution is 6.04. The highest BCUT2D eigenvalue weighted by Crippen LogP contribution is 2.27. The molecule has 0 spiro atoms. The number of amides is 1. The standard InChI is InChI=1S/C20H25N5O4/c1-11-10-13(7-8-14(11)25-9-5-6-15(25)26)22-12(2)17(27)16-18(21)23(3)20(29)24(4)19(16)28/h7-8,10,12,22H,5-6,9,21H2,1-4H3/t12-/m1/s1. The van der Waals surface area contributed by atoms with Gasteiger partial charge in [0.05, 0.1) is 6.04 Å². The monoisotopic (exact) mass is 399 g/mol. The molecule has 0 aliphatic carbocycles. The molecule has 3 rings (SSSR count). The molecule has 0 radical (unpaired) electrons. The Hall–Kier alpha value is -3.36. The van der Waals surface area contributed by atoms with E-state index in [1.54, 1.807) is 17.9 Å². The Labute approximate surface area is 167 Å². The topological polar surface area (TPSA) is 119 Å². The van der Waals surface area contributed by atoms with Crippen LogP contribution in [0.5, 0.6) is 0 Å². The van der Waals surface area contributed by atoms with Crippen LogP contribution in [-0.4, -0.2) is 33.4 Å². The molecule has 0 bridgehead atoms. The fourth-order valence-corrected chi connectivity index (χ4v) is 3.57.